The molecule has 0 aliphatic rings. The molecule has 2 unspecified atom stereocenters. The van der Waals surface area contributed by atoms with Crippen LogP contribution >= 0.6 is 7.82 Å². The highest BCUT2D eigenvalue weighted by Crippen LogP contribution is 2.43. The molecular formula is C67H124NO8P. The number of ether oxygens (including phenoxy) is 2. The van der Waals surface area contributed by atoms with Crippen molar-refractivity contribution in [3.8, 4) is 0 Å². The summed E-state index contributed by atoms with van der Waals surface area (Å²) < 4.78 is 33.0. The summed E-state index contributed by atoms with van der Waals surface area (Å²) in [5.74, 6) is -0.832. The highest BCUT2D eigenvalue weighted by molar-refractivity contribution is 7.47. The first-order chi connectivity index (χ1) is 37.8. The Labute approximate surface area is 476 Å². The third kappa shape index (κ3) is 62.8. The second-order valence-corrected chi connectivity index (χ2v) is 23.4. The average molecular weight is 1100 g/mol. The molecule has 0 aromatic rings. The zero-order valence-corrected chi connectivity index (χ0v) is 51.3. The number of hydrogen-bond acceptors (Lipinski definition) is 8. The molecule has 2 atom stereocenters. The average Bonchev–Trinajstić information content (AvgIpc) is 3.42. The molecule has 10 heteroatoms. The lowest BCUT2D eigenvalue weighted by molar-refractivity contribution is -0.161. The fraction of sp³-hybridized carbons (Fsp3) is 0.821. The van der Waals surface area contributed by atoms with Crippen LogP contribution in [-0.2, 0) is 32.7 Å². The van der Waals surface area contributed by atoms with Crippen LogP contribution in [-0.4, -0.2) is 49.3 Å². The fourth-order valence-electron chi connectivity index (χ4n) is 9.50. The summed E-state index contributed by atoms with van der Waals surface area (Å²) in [5.41, 5.74) is 5.38. The second kappa shape index (κ2) is 62.9. The number of phosphoric acid groups is 1. The first-order valence-electron chi connectivity index (χ1n) is 32.8. The van der Waals surface area contributed by atoms with Gasteiger partial charge in [-0.1, -0.05) is 286 Å². The summed E-state index contributed by atoms with van der Waals surface area (Å²) >= 11 is 0. The molecule has 0 heterocycles. The molecule has 0 radical (unpaired) electrons. The lowest BCUT2D eigenvalue weighted by Gasteiger charge is -2.19. The number of esters is 2. The predicted molar refractivity (Wildman–Crippen MR) is 330 cm³/mol. The van der Waals surface area contributed by atoms with Crippen LogP contribution in [0.25, 0.3) is 0 Å². The monoisotopic (exact) mass is 1100 g/mol. The minimum Gasteiger partial charge on any atom is -0.462 e. The van der Waals surface area contributed by atoms with Crippen LogP contribution < -0.4 is 5.73 Å². The van der Waals surface area contributed by atoms with E-state index in [1.807, 2.05) is 0 Å². The van der Waals surface area contributed by atoms with Gasteiger partial charge in [0.15, 0.2) is 6.10 Å². The van der Waals surface area contributed by atoms with Gasteiger partial charge in [0.1, 0.15) is 6.61 Å². The van der Waals surface area contributed by atoms with E-state index in [0.29, 0.717) is 6.42 Å². The first kappa shape index (κ1) is 74.7. The Hall–Kier alpha value is -2.29. The van der Waals surface area contributed by atoms with Crippen molar-refractivity contribution in [2.75, 3.05) is 26.4 Å². The van der Waals surface area contributed by atoms with Gasteiger partial charge in [-0.25, -0.2) is 4.57 Å². The molecule has 0 saturated carbocycles. The summed E-state index contributed by atoms with van der Waals surface area (Å²) in [7, 11) is -4.39. The van der Waals surface area contributed by atoms with E-state index in [1.54, 1.807) is 0 Å². The Bertz CT molecular complexity index is 1440. The van der Waals surface area contributed by atoms with E-state index in [-0.39, 0.29) is 32.6 Å². The van der Waals surface area contributed by atoms with Gasteiger partial charge < -0.3 is 20.1 Å². The molecule has 77 heavy (non-hydrogen) atoms. The van der Waals surface area contributed by atoms with E-state index < -0.39 is 32.5 Å². The van der Waals surface area contributed by atoms with Crippen molar-refractivity contribution in [3.05, 3.63) is 60.8 Å². The summed E-state index contributed by atoms with van der Waals surface area (Å²) in [6.07, 6.45) is 80.4. The van der Waals surface area contributed by atoms with Crippen molar-refractivity contribution in [1.29, 1.82) is 0 Å². The molecule has 0 aliphatic heterocycles. The lowest BCUT2D eigenvalue weighted by atomic mass is 10.0. The number of nitrogens with two attached hydrogens (primary N) is 1. The van der Waals surface area contributed by atoms with Crippen molar-refractivity contribution < 1.29 is 37.6 Å². The van der Waals surface area contributed by atoms with Crippen molar-refractivity contribution in [3.63, 3.8) is 0 Å². The smallest absolute Gasteiger partial charge is 0.462 e. The highest BCUT2D eigenvalue weighted by Gasteiger charge is 2.26. The number of unbranched alkanes of at least 4 members (excludes halogenated alkanes) is 39. The van der Waals surface area contributed by atoms with E-state index in [2.05, 4.69) is 74.6 Å². The number of allylic oxidation sites excluding steroid dienone is 10. The van der Waals surface area contributed by atoms with Crippen LogP contribution in [0.1, 0.15) is 322 Å². The Balaban J connectivity index is 3.75. The molecule has 0 amide bonds. The van der Waals surface area contributed by atoms with E-state index >= 15 is 0 Å². The molecule has 0 aromatic carbocycles. The van der Waals surface area contributed by atoms with Crippen LogP contribution in [0.2, 0.25) is 0 Å². The summed E-state index contributed by atoms with van der Waals surface area (Å²) in [6.45, 7) is 3.72. The Morgan fingerprint density at radius 3 is 1.03 bits per heavy atom. The van der Waals surface area contributed by atoms with Crippen molar-refractivity contribution >= 4 is 19.8 Å². The molecule has 0 bridgehead atoms. The quantitative estimate of drug-likeness (QED) is 0.0264. The molecule has 0 fully saturated rings. The van der Waals surface area contributed by atoms with Gasteiger partial charge in [0.25, 0.3) is 0 Å². The topological polar surface area (TPSA) is 134 Å². The largest absolute Gasteiger partial charge is 0.472 e. The van der Waals surface area contributed by atoms with Gasteiger partial charge in [-0.2, -0.15) is 0 Å². The normalized spacial score (nSPS) is 13.4. The van der Waals surface area contributed by atoms with Gasteiger partial charge in [-0.05, 0) is 83.5 Å². The first-order valence-corrected chi connectivity index (χ1v) is 34.3. The Morgan fingerprint density at radius 1 is 0.390 bits per heavy atom. The third-order valence-electron chi connectivity index (χ3n) is 14.4. The second-order valence-electron chi connectivity index (χ2n) is 22.0. The molecule has 0 saturated heterocycles. The highest BCUT2D eigenvalue weighted by atomic mass is 31.2. The summed E-state index contributed by atoms with van der Waals surface area (Å²) in [4.78, 5) is 35.2. The van der Waals surface area contributed by atoms with Gasteiger partial charge in [0, 0.05) is 19.4 Å². The van der Waals surface area contributed by atoms with Crippen LogP contribution in [0.15, 0.2) is 60.8 Å². The zero-order chi connectivity index (χ0) is 55.9. The summed E-state index contributed by atoms with van der Waals surface area (Å²) in [5, 5.41) is 0. The number of carbonyl (C=O) groups excluding carboxylic acids is 2. The molecule has 0 aromatic heterocycles. The number of carbonyl (C=O) groups is 2. The molecule has 0 aliphatic carbocycles. The lowest BCUT2D eigenvalue weighted by Crippen LogP contribution is -2.29. The SMILES string of the molecule is CCCCC/C=C\C/C=C\CCCCCCCC(=O)OCC(COP(=O)(O)OCCN)OC(=O)CCCCCCCCCCCCCCCCCCCCCCCCCCCC/C=C\C/C=C\C/C=C\CCCCCCC. The van der Waals surface area contributed by atoms with Crippen molar-refractivity contribution in [2.45, 2.75) is 328 Å². The molecule has 450 valence electrons. The predicted octanol–water partition coefficient (Wildman–Crippen LogP) is 21.1. The number of phosphoric ester groups is 1. The Morgan fingerprint density at radius 2 is 0.675 bits per heavy atom. The van der Waals surface area contributed by atoms with Gasteiger partial charge in [0.05, 0.1) is 13.2 Å². The van der Waals surface area contributed by atoms with Crippen molar-refractivity contribution in [2.24, 2.45) is 5.73 Å². The summed E-state index contributed by atoms with van der Waals surface area (Å²) in [6, 6.07) is 0. The van der Waals surface area contributed by atoms with Crippen molar-refractivity contribution in [1.82, 2.24) is 0 Å². The zero-order valence-electron chi connectivity index (χ0n) is 50.4. The van der Waals surface area contributed by atoms with E-state index in [9.17, 15) is 19.0 Å². The molecule has 0 rings (SSSR count). The molecule has 9 nitrogen and oxygen atoms in total. The maximum atomic E-state index is 12.7. The van der Waals surface area contributed by atoms with E-state index in [4.69, 9.17) is 24.3 Å². The minimum absolute atomic E-state index is 0.0517. The van der Waals surface area contributed by atoms with Gasteiger partial charge in [0.2, 0.25) is 0 Å². The van der Waals surface area contributed by atoms with Gasteiger partial charge in [-0.15, -0.1) is 0 Å². The van der Waals surface area contributed by atoms with Crippen LogP contribution in [0.4, 0.5) is 0 Å². The minimum atomic E-state index is -4.39. The van der Waals surface area contributed by atoms with Crippen LogP contribution in [0.3, 0.4) is 0 Å². The van der Waals surface area contributed by atoms with Crippen LogP contribution in [0, 0.1) is 0 Å². The third-order valence-corrected chi connectivity index (χ3v) is 15.4. The standard InChI is InChI=1S/C67H124NO8P/c1-3-5-7-9-11-13-15-17-19-20-21-22-23-24-25-26-27-28-29-30-31-32-33-34-35-36-37-38-39-40-41-42-43-44-46-48-50-52-54-56-58-60-67(70)76-65(64-75-77(71,72)74-62-61-68)63-73-66(69)59-57-55-53-51-49-47-45-18-16-14-12-10-8-6-4-2/h12,14-15,17-18,20-21,23-24,45,65H,3-11,13,16,19,22,25-44,46-64,68H2,1-2H3,(H,71,72)/b14-12-,17-15-,21-20-,24-23-,45-18-. The van der Waals surface area contributed by atoms with E-state index in [1.165, 1.54) is 218 Å². The molecular weight excluding hydrogens is 978 g/mol. The molecule has 3 N–H and O–H groups in total. The maximum Gasteiger partial charge on any atom is 0.472 e. The Kier molecular flexibility index (Phi) is 61.0. The van der Waals surface area contributed by atoms with E-state index in [0.717, 1.165) is 70.6 Å². The van der Waals surface area contributed by atoms with Crippen LogP contribution in [0.5, 0.6) is 0 Å². The molecule has 0 spiro atoms. The maximum absolute atomic E-state index is 12.7. The number of rotatable bonds is 62. The number of hydrogen-bond donors (Lipinski definition) is 2. The fourth-order valence-corrected chi connectivity index (χ4v) is 10.3. The van der Waals surface area contributed by atoms with Gasteiger partial charge in [-0.3, -0.25) is 18.6 Å². The van der Waals surface area contributed by atoms with Gasteiger partial charge >= 0.3 is 19.8 Å².